The van der Waals surface area contributed by atoms with E-state index in [1.807, 2.05) is 0 Å². The first kappa shape index (κ1) is 15.4. The van der Waals surface area contributed by atoms with Crippen LogP contribution < -0.4 is 15.0 Å². The van der Waals surface area contributed by atoms with Crippen LogP contribution in [0.15, 0.2) is 42.5 Å². The van der Waals surface area contributed by atoms with E-state index in [0.717, 1.165) is 0 Å². The maximum absolute atomic E-state index is 14.2. The summed E-state index contributed by atoms with van der Waals surface area (Å²) >= 11 is 0. The lowest BCUT2D eigenvalue weighted by Gasteiger charge is -2.50. The number of hydrogen-bond donors (Lipinski definition) is 1. The van der Waals surface area contributed by atoms with Gasteiger partial charge in [-0.15, -0.1) is 0 Å². The van der Waals surface area contributed by atoms with Crippen molar-refractivity contribution >= 4 is 17.4 Å². The van der Waals surface area contributed by atoms with Crippen molar-refractivity contribution < 1.29 is 18.8 Å². The van der Waals surface area contributed by atoms with Crippen molar-refractivity contribution in [3.05, 3.63) is 64.0 Å². The molecule has 2 heterocycles. The molecule has 0 unspecified atom stereocenters. The number of nitro benzene ring substituents is 1. The van der Waals surface area contributed by atoms with Gasteiger partial charge in [0.2, 0.25) is 0 Å². The van der Waals surface area contributed by atoms with E-state index in [0.29, 0.717) is 17.7 Å². The van der Waals surface area contributed by atoms with Gasteiger partial charge in [0.15, 0.2) is 5.72 Å². The first-order valence-corrected chi connectivity index (χ1v) is 7.72. The van der Waals surface area contributed by atoms with Crippen molar-refractivity contribution in [2.24, 2.45) is 0 Å². The molecule has 0 aromatic heterocycles. The van der Waals surface area contributed by atoms with Gasteiger partial charge in [-0.05, 0) is 25.1 Å². The van der Waals surface area contributed by atoms with Crippen LogP contribution in [0.3, 0.4) is 0 Å². The smallest absolute Gasteiger partial charge is 0.325 e. The molecular weight excluding hydrogens is 329 g/mol. The highest BCUT2D eigenvalue weighted by molar-refractivity contribution is 5.95. The molecule has 1 saturated heterocycles. The molecule has 0 radical (unpaired) electrons. The number of ether oxygens (including phenoxy) is 1. The predicted molar refractivity (Wildman–Crippen MR) is 86.9 cm³/mol. The SMILES string of the molecule is C[C@]12C[C@@H](NC(=O)N1c1ccccc1F)c1cc([N+](=O)[O-])ccc1O2. The number of urea groups is 1. The Hall–Kier alpha value is -3.16. The van der Waals surface area contributed by atoms with E-state index in [-0.39, 0.29) is 11.4 Å². The van der Waals surface area contributed by atoms with Gasteiger partial charge in [-0.3, -0.25) is 15.0 Å². The second-order valence-electron chi connectivity index (χ2n) is 6.25. The Morgan fingerprint density at radius 2 is 2.12 bits per heavy atom. The number of nitro groups is 1. The van der Waals surface area contributed by atoms with Crippen LogP contribution in [0, 0.1) is 15.9 Å². The molecule has 8 heteroatoms. The van der Waals surface area contributed by atoms with Crippen LogP contribution in [-0.4, -0.2) is 16.7 Å². The zero-order valence-corrected chi connectivity index (χ0v) is 13.2. The Morgan fingerprint density at radius 1 is 1.36 bits per heavy atom. The maximum atomic E-state index is 14.2. The molecule has 2 amide bonds. The molecule has 1 fully saturated rings. The van der Waals surface area contributed by atoms with E-state index in [9.17, 15) is 19.3 Å². The molecule has 2 atom stereocenters. The second-order valence-corrected chi connectivity index (χ2v) is 6.25. The molecule has 128 valence electrons. The maximum Gasteiger partial charge on any atom is 0.325 e. The summed E-state index contributed by atoms with van der Waals surface area (Å²) in [5.74, 6) is -0.0962. The van der Waals surface area contributed by atoms with Crippen LogP contribution in [0.2, 0.25) is 0 Å². The zero-order chi connectivity index (χ0) is 17.8. The lowest BCUT2D eigenvalue weighted by Crippen LogP contribution is -2.65. The summed E-state index contributed by atoms with van der Waals surface area (Å²) in [7, 11) is 0. The highest BCUT2D eigenvalue weighted by atomic mass is 19.1. The molecule has 4 rings (SSSR count). The summed E-state index contributed by atoms with van der Waals surface area (Å²) < 4.78 is 20.2. The van der Waals surface area contributed by atoms with E-state index in [2.05, 4.69) is 5.32 Å². The molecule has 2 bridgehead atoms. The second kappa shape index (κ2) is 5.17. The average molecular weight is 343 g/mol. The van der Waals surface area contributed by atoms with Crippen molar-refractivity contribution in [2.75, 3.05) is 4.90 Å². The Kier molecular flexibility index (Phi) is 3.18. The summed E-state index contributed by atoms with van der Waals surface area (Å²) in [6.45, 7) is 1.70. The number of hydrogen-bond acceptors (Lipinski definition) is 4. The third kappa shape index (κ3) is 2.29. The normalized spacial score (nSPS) is 24.2. The number of amides is 2. The fourth-order valence-corrected chi connectivity index (χ4v) is 3.47. The summed E-state index contributed by atoms with van der Waals surface area (Å²) in [5.41, 5.74) is -0.505. The summed E-state index contributed by atoms with van der Waals surface area (Å²) in [6.07, 6.45) is 0.335. The topological polar surface area (TPSA) is 84.7 Å². The van der Waals surface area contributed by atoms with Crippen LogP contribution in [-0.2, 0) is 0 Å². The Morgan fingerprint density at radius 3 is 2.84 bits per heavy atom. The fraction of sp³-hybridized carbons (Fsp3) is 0.235. The van der Waals surface area contributed by atoms with Gasteiger partial charge in [-0.1, -0.05) is 12.1 Å². The Balaban J connectivity index is 1.80. The largest absolute Gasteiger partial charge is 0.467 e. The molecule has 7 nitrogen and oxygen atoms in total. The Labute approximate surface area is 142 Å². The van der Waals surface area contributed by atoms with Crippen molar-refractivity contribution in [3.63, 3.8) is 0 Å². The van der Waals surface area contributed by atoms with Crippen molar-refractivity contribution in [3.8, 4) is 5.75 Å². The number of nitrogens with one attached hydrogen (secondary N) is 1. The van der Waals surface area contributed by atoms with Gasteiger partial charge < -0.3 is 10.1 Å². The first-order chi connectivity index (χ1) is 11.9. The molecular formula is C17H14FN3O4. The summed E-state index contributed by atoms with van der Waals surface area (Å²) in [5, 5.41) is 13.8. The van der Waals surface area contributed by atoms with Gasteiger partial charge in [-0.2, -0.15) is 0 Å². The number of fused-ring (bicyclic) bond motifs is 4. The molecule has 2 aromatic carbocycles. The molecule has 2 aromatic rings. The van der Waals surface area contributed by atoms with Crippen LogP contribution in [0.25, 0.3) is 0 Å². The highest BCUT2D eigenvalue weighted by Gasteiger charge is 2.50. The molecule has 2 aliphatic heterocycles. The lowest BCUT2D eigenvalue weighted by atomic mass is 9.90. The lowest BCUT2D eigenvalue weighted by molar-refractivity contribution is -0.385. The van der Waals surface area contributed by atoms with Crippen LogP contribution in [0.4, 0.5) is 20.6 Å². The van der Waals surface area contributed by atoms with Gasteiger partial charge in [-0.25, -0.2) is 9.18 Å². The number of non-ortho nitro benzene ring substituents is 1. The highest BCUT2D eigenvalue weighted by Crippen LogP contribution is 2.46. The van der Waals surface area contributed by atoms with Gasteiger partial charge in [0.05, 0.1) is 16.7 Å². The number of carbonyl (C=O) groups excluding carboxylic acids is 1. The first-order valence-electron chi connectivity index (χ1n) is 7.72. The number of benzene rings is 2. The third-order valence-corrected chi connectivity index (χ3v) is 4.56. The summed E-state index contributed by atoms with van der Waals surface area (Å²) in [4.78, 5) is 24.4. The van der Waals surface area contributed by atoms with E-state index in [1.54, 1.807) is 19.1 Å². The van der Waals surface area contributed by atoms with Crippen LogP contribution in [0.1, 0.15) is 24.9 Å². The minimum atomic E-state index is -1.10. The van der Waals surface area contributed by atoms with Gasteiger partial charge in [0, 0.05) is 24.1 Å². The van der Waals surface area contributed by atoms with Crippen molar-refractivity contribution in [2.45, 2.75) is 25.1 Å². The predicted octanol–water partition coefficient (Wildman–Crippen LogP) is 3.50. The molecule has 0 aliphatic carbocycles. The molecule has 0 spiro atoms. The number of nitrogens with zero attached hydrogens (tertiary/aromatic N) is 2. The van der Waals surface area contributed by atoms with Crippen LogP contribution in [0.5, 0.6) is 5.75 Å². The molecule has 1 N–H and O–H groups in total. The molecule has 0 saturated carbocycles. The van der Waals surface area contributed by atoms with E-state index >= 15 is 0 Å². The number of halogens is 1. The standard InChI is InChI=1S/C17H14FN3O4/c1-17-9-13(11-8-10(21(23)24)6-7-15(11)25-17)19-16(22)20(17)14-5-3-2-4-12(14)18/h2-8,13H,9H2,1H3,(H,19,22)/t13-,17+/m1/s1. The zero-order valence-electron chi connectivity index (χ0n) is 13.2. The van der Waals surface area contributed by atoms with Crippen molar-refractivity contribution in [1.29, 1.82) is 0 Å². The average Bonchev–Trinajstić information content (AvgIpc) is 2.55. The van der Waals surface area contributed by atoms with Gasteiger partial charge in [0.25, 0.3) is 5.69 Å². The number of rotatable bonds is 2. The van der Waals surface area contributed by atoms with Gasteiger partial charge in [0.1, 0.15) is 11.6 Å². The van der Waals surface area contributed by atoms with E-state index in [1.165, 1.54) is 35.2 Å². The number of anilines is 1. The van der Waals surface area contributed by atoms with Crippen molar-refractivity contribution in [1.82, 2.24) is 5.32 Å². The minimum absolute atomic E-state index is 0.0725. The van der Waals surface area contributed by atoms with Gasteiger partial charge >= 0.3 is 6.03 Å². The minimum Gasteiger partial charge on any atom is -0.467 e. The molecule has 2 aliphatic rings. The monoisotopic (exact) mass is 343 g/mol. The van der Waals surface area contributed by atoms with E-state index < -0.39 is 28.5 Å². The van der Waals surface area contributed by atoms with E-state index in [4.69, 9.17) is 4.74 Å². The fourth-order valence-electron chi connectivity index (χ4n) is 3.47. The van der Waals surface area contributed by atoms with Crippen LogP contribution >= 0.6 is 0 Å². The quantitative estimate of drug-likeness (QED) is 0.668. The number of carbonyl (C=O) groups is 1. The molecule has 25 heavy (non-hydrogen) atoms. The number of para-hydroxylation sites is 1. The third-order valence-electron chi connectivity index (χ3n) is 4.56. The Bertz CT molecular complexity index is 903. The summed E-state index contributed by atoms with van der Waals surface area (Å²) in [6, 6.07) is 9.27.